The highest BCUT2D eigenvalue weighted by Crippen LogP contribution is 2.21. The Morgan fingerprint density at radius 3 is 1.77 bits per heavy atom. The van der Waals surface area contributed by atoms with Gasteiger partial charge in [-0.1, -0.05) is 43.0 Å². The number of carbonyl (C=O) groups is 1. The lowest BCUT2D eigenvalue weighted by Gasteiger charge is -2.06. The van der Waals surface area contributed by atoms with Crippen molar-refractivity contribution in [2.75, 3.05) is 0 Å². The minimum atomic E-state index is -0.509. The first-order valence-corrected chi connectivity index (χ1v) is 4.21. The van der Waals surface area contributed by atoms with E-state index in [0.717, 1.165) is 6.08 Å². The minimum absolute atomic E-state index is 0.509. The van der Waals surface area contributed by atoms with Gasteiger partial charge in [0.2, 0.25) is 5.24 Å². The van der Waals surface area contributed by atoms with Crippen LogP contribution in [0.4, 0.5) is 0 Å². The molecule has 0 atom stereocenters. The standard InChI is InChI=1S/C8H6.C3H3ClO/c1-2-4-8-6-5-7(8)3-1;1-2-3(4)5/h1-6H;2H,1H2. The number of rotatable bonds is 1. The monoisotopic (exact) mass is 192 g/mol. The molecule has 0 aromatic heterocycles. The molecule has 1 aromatic rings. The summed E-state index contributed by atoms with van der Waals surface area (Å²) in [4.78, 5) is 9.46. The van der Waals surface area contributed by atoms with Crippen molar-refractivity contribution in [1.82, 2.24) is 0 Å². The third-order valence-corrected chi connectivity index (χ3v) is 1.75. The van der Waals surface area contributed by atoms with E-state index in [1.807, 2.05) is 0 Å². The lowest BCUT2D eigenvalue weighted by molar-refractivity contribution is -0.107. The highest BCUT2D eigenvalue weighted by atomic mass is 35.5. The van der Waals surface area contributed by atoms with Crippen LogP contribution in [-0.4, -0.2) is 5.24 Å². The van der Waals surface area contributed by atoms with Crippen LogP contribution in [0.2, 0.25) is 0 Å². The van der Waals surface area contributed by atoms with Gasteiger partial charge < -0.3 is 0 Å². The first kappa shape index (κ1) is 9.75. The van der Waals surface area contributed by atoms with Gasteiger partial charge in [-0.15, -0.1) is 0 Å². The molecule has 2 heteroatoms. The molecule has 0 N–H and O–H groups in total. The average molecular weight is 193 g/mol. The molecule has 0 aliphatic heterocycles. The van der Waals surface area contributed by atoms with Crippen molar-refractivity contribution in [2.45, 2.75) is 0 Å². The Labute approximate surface area is 82.3 Å². The normalized spacial score (nSPS) is 10.2. The van der Waals surface area contributed by atoms with Crippen LogP contribution < -0.4 is 0 Å². The maximum absolute atomic E-state index is 9.46. The van der Waals surface area contributed by atoms with Crippen LogP contribution in [0.5, 0.6) is 0 Å². The molecule has 0 radical (unpaired) electrons. The molecule has 0 amide bonds. The summed E-state index contributed by atoms with van der Waals surface area (Å²) in [7, 11) is 0. The minimum Gasteiger partial charge on any atom is -0.276 e. The summed E-state index contributed by atoms with van der Waals surface area (Å²) < 4.78 is 0. The number of carbonyl (C=O) groups excluding carboxylic acids is 1. The van der Waals surface area contributed by atoms with Gasteiger partial charge in [0.25, 0.3) is 0 Å². The predicted octanol–water partition coefficient (Wildman–Crippen LogP) is 3.11. The highest BCUT2D eigenvalue weighted by molar-refractivity contribution is 6.66. The zero-order valence-electron chi connectivity index (χ0n) is 7.03. The summed E-state index contributed by atoms with van der Waals surface area (Å²) in [5.74, 6) is 0. The summed E-state index contributed by atoms with van der Waals surface area (Å²) >= 11 is 4.71. The number of hydrogen-bond acceptors (Lipinski definition) is 1. The van der Waals surface area contributed by atoms with E-state index in [2.05, 4.69) is 43.0 Å². The molecule has 13 heavy (non-hydrogen) atoms. The molecule has 2 rings (SSSR count). The molecule has 0 fully saturated rings. The SMILES string of the molecule is C1=Cc2ccccc21.C=CC(=O)Cl. The Bertz CT molecular complexity index is 328. The van der Waals surface area contributed by atoms with Gasteiger partial charge in [0.1, 0.15) is 0 Å². The molecule has 0 bridgehead atoms. The molecule has 1 aliphatic rings. The van der Waals surface area contributed by atoms with Gasteiger partial charge in [0.15, 0.2) is 0 Å². The number of benzene rings is 1. The van der Waals surface area contributed by atoms with Crippen molar-refractivity contribution in [3.63, 3.8) is 0 Å². The van der Waals surface area contributed by atoms with Crippen molar-refractivity contribution < 1.29 is 4.79 Å². The summed E-state index contributed by atoms with van der Waals surface area (Å²) in [6, 6.07) is 8.36. The van der Waals surface area contributed by atoms with Crippen LogP contribution in [0, 0.1) is 0 Å². The largest absolute Gasteiger partial charge is 0.276 e. The van der Waals surface area contributed by atoms with E-state index in [1.165, 1.54) is 11.1 Å². The van der Waals surface area contributed by atoms with Crippen molar-refractivity contribution in [1.29, 1.82) is 0 Å². The lowest BCUT2D eigenvalue weighted by atomic mass is 9.99. The predicted molar refractivity (Wildman–Crippen MR) is 56.4 cm³/mol. The Kier molecular flexibility index (Phi) is 3.47. The summed E-state index contributed by atoms with van der Waals surface area (Å²) in [6.45, 7) is 3.08. The maximum Gasteiger partial charge on any atom is 0.244 e. The van der Waals surface area contributed by atoms with Crippen molar-refractivity contribution in [3.8, 4) is 0 Å². The maximum atomic E-state index is 9.46. The summed E-state index contributed by atoms with van der Waals surface area (Å²) in [5.41, 5.74) is 2.74. The van der Waals surface area contributed by atoms with Gasteiger partial charge in [0, 0.05) is 0 Å². The zero-order valence-corrected chi connectivity index (χ0v) is 7.79. The number of hydrogen-bond donors (Lipinski definition) is 0. The van der Waals surface area contributed by atoms with Crippen LogP contribution in [0.15, 0.2) is 36.9 Å². The van der Waals surface area contributed by atoms with E-state index in [9.17, 15) is 4.79 Å². The van der Waals surface area contributed by atoms with Crippen LogP contribution in [0.1, 0.15) is 11.1 Å². The molecule has 1 aliphatic carbocycles. The van der Waals surface area contributed by atoms with Gasteiger partial charge in [-0.2, -0.15) is 0 Å². The van der Waals surface area contributed by atoms with Crippen LogP contribution >= 0.6 is 11.6 Å². The van der Waals surface area contributed by atoms with Crippen molar-refractivity contribution >= 4 is 29.0 Å². The Hall–Kier alpha value is -1.34. The average Bonchev–Trinajstić information content (AvgIpc) is 2.08. The second-order valence-electron chi connectivity index (χ2n) is 2.47. The molecule has 0 heterocycles. The smallest absolute Gasteiger partial charge is 0.244 e. The quantitative estimate of drug-likeness (QED) is 0.501. The van der Waals surface area contributed by atoms with E-state index in [-0.39, 0.29) is 0 Å². The Morgan fingerprint density at radius 2 is 1.62 bits per heavy atom. The molecule has 0 spiro atoms. The van der Waals surface area contributed by atoms with Gasteiger partial charge in [0.05, 0.1) is 0 Å². The molecule has 0 saturated carbocycles. The molecule has 66 valence electrons. The van der Waals surface area contributed by atoms with E-state index in [0.29, 0.717) is 0 Å². The third kappa shape index (κ3) is 2.88. The first-order valence-electron chi connectivity index (χ1n) is 3.83. The van der Waals surface area contributed by atoms with E-state index in [1.54, 1.807) is 0 Å². The number of allylic oxidation sites excluding steroid dienone is 1. The zero-order chi connectivity index (χ0) is 9.68. The second-order valence-corrected chi connectivity index (χ2v) is 2.84. The topological polar surface area (TPSA) is 17.1 Å². The molecule has 1 aromatic carbocycles. The van der Waals surface area contributed by atoms with Crippen LogP contribution in [-0.2, 0) is 4.79 Å². The Balaban J connectivity index is 0.000000149. The molecule has 1 nitrogen and oxygen atoms in total. The fraction of sp³-hybridized carbons (Fsp3) is 0. The molecule has 0 unspecified atom stereocenters. The molecular formula is C11H9ClO. The summed E-state index contributed by atoms with van der Waals surface area (Å²) in [6.07, 6.45) is 5.28. The number of halogens is 1. The third-order valence-electron chi connectivity index (χ3n) is 1.60. The second kappa shape index (κ2) is 4.63. The fourth-order valence-electron chi connectivity index (χ4n) is 0.898. The molecule has 0 saturated heterocycles. The van der Waals surface area contributed by atoms with Crippen LogP contribution in [0.3, 0.4) is 0 Å². The van der Waals surface area contributed by atoms with Crippen molar-refractivity contribution in [2.24, 2.45) is 0 Å². The highest BCUT2D eigenvalue weighted by Gasteiger charge is 1.99. The summed E-state index contributed by atoms with van der Waals surface area (Å²) in [5, 5.41) is -0.509. The first-order chi connectivity index (χ1) is 6.24. The van der Waals surface area contributed by atoms with E-state index in [4.69, 9.17) is 11.6 Å². The van der Waals surface area contributed by atoms with Gasteiger partial charge in [-0.25, -0.2) is 0 Å². The Morgan fingerprint density at radius 1 is 1.23 bits per heavy atom. The number of fused-ring (bicyclic) bond motifs is 1. The molecular weight excluding hydrogens is 184 g/mol. The fourth-order valence-corrected chi connectivity index (χ4v) is 0.898. The van der Waals surface area contributed by atoms with Crippen molar-refractivity contribution in [3.05, 3.63) is 48.0 Å². The van der Waals surface area contributed by atoms with Gasteiger partial charge >= 0.3 is 0 Å². The van der Waals surface area contributed by atoms with E-state index >= 15 is 0 Å². The lowest BCUT2D eigenvalue weighted by Crippen LogP contribution is -1.85. The van der Waals surface area contributed by atoms with Gasteiger partial charge in [-0.3, -0.25) is 4.79 Å². The van der Waals surface area contributed by atoms with E-state index < -0.39 is 5.24 Å². The van der Waals surface area contributed by atoms with Gasteiger partial charge in [-0.05, 0) is 28.8 Å². The van der Waals surface area contributed by atoms with Crippen LogP contribution in [0.25, 0.3) is 12.2 Å².